The van der Waals surface area contributed by atoms with Crippen molar-refractivity contribution in [2.75, 3.05) is 7.11 Å². The monoisotopic (exact) mass is 244 g/mol. The largest absolute Gasteiger partial charge is 0.465 e. The molecule has 96 valence electrons. The highest BCUT2D eigenvalue weighted by atomic mass is 16.5. The first kappa shape index (κ1) is 14.3. The molecule has 0 amide bonds. The van der Waals surface area contributed by atoms with Crippen LogP contribution in [0.4, 0.5) is 0 Å². The van der Waals surface area contributed by atoms with Crippen LogP contribution in [0.1, 0.15) is 37.3 Å². The SMILES string of the molecule is CCCCC(=C=Cc1ccc(C)cc1)C(=O)OC. The van der Waals surface area contributed by atoms with Crippen LogP contribution in [-0.4, -0.2) is 13.1 Å². The molecular weight excluding hydrogens is 224 g/mol. The Morgan fingerprint density at radius 2 is 2.00 bits per heavy atom. The lowest BCUT2D eigenvalue weighted by Crippen LogP contribution is -2.03. The predicted molar refractivity (Wildman–Crippen MR) is 74.2 cm³/mol. The van der Waals surface area contributed by atoms with E-state index in [-0.39, 0.29) is 5.97 Å². The van der Waals surface area contributed by atoms with Crippen LogP contribution in [0.5, 0.6) is 0 Å². The Bertz CT molecular complexity index is 448. The number of unbranched alkanes of at least 4 members (excludes halogenated alkanes) is 1. The number of rotatable bonds is 5. The normalized spacial score (nSPS) is 9.50. The molecule has 0 saturated heterocycles. The molecule has 0 N–H and O–H groups in total. The van der Waals surface area contributed by atoms with E-state index in [4.69, 9.17) is 4.74 Å². The summed E-state index contributed by atoms with van der Waals surface area (Å²) in [4.78, 5) is 11.6. The van der Waals surface area contributed by atoms with Gasteiger partial charge in [0.25, 0.3) is 0 Å². The van der Waals surface area contributed by atoms with Crippen molar-refractivity contribution in [3.63, 3.8) is 0 Å². The number of carbonyl (C=O) groups is 1. The molecule has 0 spiro atoms. The number of esters is 1. The van der Waals surface area contributed by atoms with Crippen molar-refractivity contribution in [2.24, 2.45) is 0 Å². The molecule has 2 nitrogen and oxygen atoms in total. The molecule has 0 aliphatic carbocycles. The van der Waals surface area contributed by atoms with Gasteiger partial charge in [-0.15, -0.1) is 5.73 Å². The molecule has 1 aromatic rings. The zero-order valence-corrected chi connectivity index (χ0v) is 11.3. The van der Waals surface area contributed by atoms with Gasteiger partial charge < -0.3 is 4.74 Å². The van der Waals surface area contributed by atoms with E-state index in [1.54, 1.807) is 0 Å². The fourth-order valence-corrected chi connectivity index (χ4v) is 1.54. The summed E-state index contributed by atoms with van der Waals surface area (Å²) in [6, 6.07) is 8.10. The molecule has 0 heterocycles. The number of ether oxygens (including phenoxy) is 1. The molecular formula is C16H20O2. The summed E-state index contributed by atoms with van der Waals surface area (Å²) in [6.07, 6.45) is 4.57. The van der Waals surface area contributed by atoms with E-state index >= 15 is 0 Å². The quantitative estimate of drug-likeness (QED) is 0.446. The number of carbonyl (C=O) groups excluding carboxylic acids is 1. The molecule has 0 radical (unpaired) electrons. The van der Waals surface area contributed by atoms with Gasteiger partial charge in [0.2, 0.25) is 0 Å². The van der Waals surface area contributed by atoms with E-state index in [0.717, 1.165) is 18.4 Å². The van der Waals surface area contributed by atoms with Crippen molar-refractivity contribution >= 4 is 12.0 Å². The first-order valence-electron chi connectivity index (χ1n) is 6.28. The summed E-state index contributed by atoms with van der Waals surface area (Å²) < 4.78 is 4.76. The highest BCUT2D eigenvalue weighted by Crippen LogP contribution is 2.10. The van der Waals surface area contributed by atoms with Crippen LogP contribution in [-0.2, 0) is 9.53 Å². The Morgan fingerprint density at radius 1 is 1.33 bits per heavy atom. The molecule has 0 aromatic heterocycles. The van der Waals surface area contributed by atoms with Gasteiger partial charge in [0, 0.05) is 0 Å². The van der Waals surface area contributed by atoms with E-state index in [2.05, 4.69) is 12.7 Å². The maximum absolute atomic E-state index is 11.6. The number of hydrogen-bond donors (Lipinski definition) is 0. The lowest BCUT2D eigenvalue weighted by molar-refractivity contribution is -0.136. The van der Waals surface area contributed by atoms with Crippen LogP contribution in [0.25, 0.3) is 6.08 Å². The van der Waals surface area contributed by atoms with E-state index in [9.17, 15) is 4.79 Å². The Balaban J connectivity index is 2.92. The van der Waals surface area contributed by atoms with E-state index in [0.29, 0.717) is 12.0 Å². The summed E-state index contributed by atoms with van der Waals surface area (Å²) >= 11 is 0. The first-order valence-corrected chi connectivity index (χ1v) is 6.28. The standard InChI is InChI=1S/C16H20O2/c1-4-5-6-15(16(17)18-3)12-11-14-9-7-13(2)8-10-14/h7-11H,4-6H2,1-3H3. The molecule has 0 saturated carbocycles. The minimum absolute atomic E-state index is 0.285. The van der Waals surface area contributed by atoms with Gasteiger partial charge in [0.15, 0.2) is 0 Å². The second-order valence-corrected chi connectivity index (χ2v) is 4.27. The topological polar surface area (TPSA) is 26.3 Å². The fourth-order valence-electron chi connectivity index (χ4n) is 1.54. The van der Waals surface area contributed by atoms with E-state index in [1.165, 1.54) is 12.7 Å². The van der Waals surface area contributed by atoms with Crippen molar-refractivity contribution in [3.8, 4) is 0 Å². The summed E-state index contributed by atoms with van der Waals surface area (Å²) in [5.41, 5.74) is 5.93. The molecule has 1 rings (SSSR count). The van der Waals surface area contributed by atoms with Crippen molar-refractivity contribution in [1.82, 2.24) is 0 Å². The van der Waals surface area contributed by atoms with Gasteiger partial charge in [-0.3, -0.25) is 0 Å². The molecule has 18 heavy (non-hydrogen) atoms. The number of hydrogen-bond acceptors (Lipinski definition) is 2. The minimum Gasteiger partial charge on any atom is -0.465 e. The predicted octanol–water partition coefficient (Wildman–Crippen LogP) is 3.90. The maximum atomic E-state index is 11.6. The summed E-state index contributed by atoms with van der Waals surface area (Å²) in [7, 11) is 1.40. The minimum atomic E-state index is -0.285. The molecule has 0 atom stereocenters. The van der Waals surface area contributed by atoms with Crippen LogP contribution < -0.4 is 0 Å². The second kappa shape index (κ2) is 7.52. The van der Waals surface area contributed by atoms with Gasteiger partial charge in [0.1, 0.15) is 0 Å². The van der Waals surface area contributed by atoms with Crippen molar-refractivity contribution in [1.29, 1.82) is 0 Å². The molecule has 0 aliphatic rings. The smallest absolute Gasteiger partial charge is 0.341 e. The third-order valence-electron chi connectivity index (χ3n) is 2.70. The summed E-state index contributed by atoms with van der Waals surface area (Å²) in [5, 5.41) is 0. The number of aryl methyl sites for hydroxylation is 1. The van der Waals surface area contributed by atoms with Crippen LogP contribution in [0.15, 0.2) is 35.6 Å². The Labute approximate surface area is 109 Å². The van der Waals surface area contributed by atoms with Gasteiger partial charge in [-0.25, -0.2) is 4.79 Å². The average molecular weight is 244 g/mol. The highest BCUT2D eigenvalue weighted by molar-refractivity contribution is 5.88. The molecule has 0 fully saturated rings. The van der Waals surface area contributed by atoms with Crippen LogP contribution in [0.3, 0.4) is 0 Å². The molecule has 2 heteroatoms. The molecule has 0 aliphatic heterocycles. The number of methoxy groups -OCH3 is 1. The lowest BCUT2D eigenvalue weighted by Gasteiger charge is -2.01. The zero-order chi connectivity index (χ0) is 13.4. The third-order valence-corrected chi connectivity index (χ3v) is 2.70. The van der Waals surface area contributed by atoms with Gasteiger partial charge >= 0.3 is 5.97 Å². The van der Waals surface area contributed by atoms with E-state index in [1.807, 2.05) is 37.3 Å². The number of benzene rings is 1. The Hall–Kier alpha value is -1.79. The molecule has 1 aromatic carbocycles. The lowest BCUT2D eigenvalue weighted by atomic mass is 10.1. The summed E-state index contributed by atoms with van der Waals surface area (Å²) in [5.74, 6) is -0.285. The van der Waals surface area contributed by atoms with Gasteiger partial charge in [0.05, 0.1) is 12.7 Å². The fraction of sp³-hybridized carbons (Fsp3) is 0.375. The van der Waals surface area contributed by atoms with E-state index < -0.39 is 0 Å². The molecule has 0 bridgehead atoms. The Kier molecular flexibility index (Phi) is 5.96. The van der Waals surface area contributed by atoms with Crippen LogP contribution in [0.2, 0.25) is 0 Å². The van der Waals surface area contributed by atoms with Gasteiger partial charge in [-0.1, -0.05) is 43.2 Å². The first-order chi connectivity index (χ1) is 8.67. The third kappa shape index (κ3) is 4.60. The van der Waals surface area contributed by atoms with Crippen molar-refractivity contribution in [3.05, 3.63) is 46.7 Å². The average Bonchev–Trinajstić information content (AvgIpc) is 2.40. The summed E-state index contributed by atoms with van der Waals surface area (Å²) in [6.45, 7) is 4.14. The van der Waals surface area contributed by atoms with Crippen LogP contribution in [0, 0.1) is 6.92 Å². The van der Waals surface area contributed by atoms with Gasteiger partial charge in [-0.2, -0.15) is 0 Å². The molecule has 0 unspecified atom stereocenters. The maximum Gasteiger partial charge on any atom is 0.341 e. The van der Waals surface area contributed by atoms with Crippen LogP contribution >= 0.6 is 0 Å². The zero-order valence-electron chi connectivity index (χ0n) is 11.3. The Morgan fingerprint density at radius 3 is 2.56 bits per heavy atom. The van der Waals surface area contributed by atoms with Crippen molar-refractivity contribution < 1.29 is 9.53 Å². The highest BCUT2D eigenvalue weighted by Gasteiger charge is 2.07. The van der Waals surface area contributed by atoms with Gasteiger partial charge in [-0.05, 0) is 31.4 Å². The van der Waals surface area contributed by atoms with Crippen molar-refractivity contribution in [2.45, 2.75) is 33.1 Å². The second-order valence-electron chi connectivity index (χ2n) is 4.27.